The summed E-state index contributed by atoms with van der Waals surface area (Å²) in [5, 5.41) is 23.1. The smallest absolute Gasteiger partial charge is 0.270 e. The lowest BCUT2D eigenvalue weighted by molar-refractivity contribution is -0.384. The van der Waals surface area contributed by atoms with E-state index in [9.17, 15) is 14.9 Å². The Labute approximate surface area is 193 Å². The molecule has 0 saturated carbocycles. The van der Waals surface area contributed by atoms with Crippen LogP contribution in [0.2, 0.25) is 0 Å². The quantitative estimate of drug-likeness (QED) is 0.232. The second kappa shape index (κ2) is 9.96. The lowest BCUT2D eigenvalue weighted by Crippen LogP contribution is -2.14. The molecule has 0 radical (unpaired) electrons. The number of carbonyl (C=O) groups is 1. The Bertz CT molecular complexity index is 1280. The van der Waals surface area contributed by atoms with Crippen molar-refractivity contribution in [1.82, 2.24) is 14.8 Å². The standard InChI is InChI=1S/C23H19N5O4S/c1-32-20-12-10-17(11-13-20)24-21(29)15-33-23-26-25-22(27(23)18-7-3-2-4-8-18)16-6-5-9-19(14-16)28(30)31/h2-14H,15H2,1H3,(H,24,29). The molecule has 10 heteroatoms. The number of nitrogens with zero attached hydrogens (tertiary/aromatic N) is 4. The number of anilines is 1. The average Bonchev–Trinajstić information content (AvgIpc) is 3.28. The first-order valence-corrected chi connectivity index (χ1v) is 10.9. The van der Waals surface area contributed by atoms with Gasteiger partial charge >= 0.3 is 0 Å². The van der Waals surface area contributed by atoms with E-state index < -0.39 is 4.92 Å². The average molecular weight is 462 g/mol. The SMILES string of the molecule is COc1ccc(NC(=O)CSc2nnc(-c3cccc([N+](=O)[O-])c3)n2-c2ccccc2)cc1. The van der Waals surface area contributed by atoms with Crippen LogP contribution in [0.5, 0.6) is 5.75 Å². The molecule has 1 N–H and O–H groups in total. The first-order chi connectivity index (χ1) is 16.0. The van der Waals surface area contributed by atoms with Gasteiger partial charge in [-0.15, -0.1) is 10.2 Å². The minimum Gasteiger partial charge on any atom is -0.497 e. The van der Waals surface area contributed by atoms with Crippen LogP contribution in [0.1, 0.15) is 0 Å². The van der Waals surface area contributed by atoms with Crippen molar-refractivity contribution in [3.05, 3.63) is 89.0 Å². The fourth-order valence-electron chi connectivity index (χ4n) is 3.12. The summed E-state index contributed by atoms with van der Waals surface area (Å²) in [7, 11) is 1.58. The van der Waals surface area contributed by atoms with Crippen molar-refractivity contribution < 1.29 is 14.5 Å². The van der Waals surface area contributed by atoms with Crippen molar-refractivity contribution in [3.63, 3.8) is 0 Å². The Balaban J connectivity index is 1.58. The number of para-hydroxylation sites is 1. The maximum atomic E-state index is 12.5. The van der Waals surface area contributed by atoms with Gasteiger partial charge in [0, 0.05) is 29.1 Å². The van der Waals surface area contributed by atoms with Gasteiger partial charge in [-0.25, -0.2) is 0 Å². The first kappa shape index (κ1) is 22.0. The zero-order chi connectivity index (χ0) is 23.2. The van der Waals surface area contributed by atoms with E-state index in [-0.39, 0.29) is 17.3 Å². The van der Waals surface area contributed by atoms with Crippen LogP contribution < -0.4 is 10.1 Å². The maximum absolute atomic E-state index is 12.5. The zero-order valence-corrected chi connectivity index (χ0v) is 18.4. The van der Waals surface area contributed by atoms with E-state index in [4.69, 9.17) is 4.74 Å². The van der Waals surface area contributed by atoms with E-state index >= 15 is 0 Å². The molecule has 9 nitrogen and oxygen atoms in total. The Morgan fingerprint density at radius 1 is 1.06 bits per heavy atom. The van der Waals surface area contributed by atoms with Gasteiger partial charge in [0.25, 0.3) is 5.69 Å². The molecule has 0 bridgehead atoms. The molecule has 0 aliphatic carbocycles. The van der Waals surface area contributed by atoms with Crippen LogP contribution in [0.15, 0.2) is 84.0 Å². The summed E-state index contributed by atoms with van der Waals surface area (Å²) in [4.78, 5) is 23.3. The largest absolute Gasteiger partial charge is 0.497 e. The summed E-state index contributed by atoms with van der Waals surface area (Å²) in [6.07, 6.45) is 0. The van der Waals surface area contributed by atoms with E-state index in [0.717, 1.165) is 5.69 Å². The van der Waals surface area contributed by atoms with Crippen molar-refractivity contribution in [3.8, 4) is 22.8 Å². The lowest BCUT2D eigenvalue weighted by Gasteiger charge is -2.10. The monoisotopic (exact) mass is 461 g/mol. The van der Waals surface area contributed by atoms with Crippen LogP contribution in [0.4, 0.5) is 11.4 Å². The van der Waals surface area contributed by atoms with Gasteiger partial charge in [0.2, 0.25) is 5.91 Å². The summed E-state index contributed by atoms with van der Waals surface area (Å²) in [5.41, 5.74) is 1.95. The maximum Gasteiger partial charge on any atom is 0.270 e. The number of hydrogen-bond donors (Lipinski definition) is 1. The number of nitro benzene ring substituents is 1. The lowest BCUT2D eigenvalue weighted by atomic mass is 10.2. The number of hydrogen-bond acceptors (Lipinski definition) is 7. The normalized spacial score (nSPS) is 10.6. The molecule has 1 amide bonds. The Kier molecular flexibility index (Phi) is 6.65. The number of benzene rings is 3. The van der Waals surface area contributed by atoms with Crippen molar-refractivity contribution in [2.75, 3.05) is 18.2 Å². The molecule has 4 rings (SSSR count). The molecular formula is C23H19N5O4S. The first-order valence-electron chi connectivity index (χ1n) is 9.87. The van der Waals surface area contributed by atoms with Crippen molar-refractivity contribution in [2.45, 2.75) is 5.16 Å². The Morgan fingerprint density at radius 2 is 1.82 bits per heavy atom. The van der Waals surface area contributed by atoms with Crippen LogP contribution in [0.3, 0.4) is 0 Å². The Hall–Kier alpha value is -4.18. The predicted octanol–water partition coefficient (Wildman–Crippen LogP) is 4.58. The molecule has 33 heavy (non-hydrogen) atoms. The molecule has 0 fully saturated rings. The Morgan fingerprint density at radius 3 is 2.52 bits per heavy atom. The second-order valence-corrected chi connectivity index (χ2v) is 7.79. The van der Waals surface area contributed by atoms with Crippen LogP contribution in [-0.4, -0.2) is 38.5 Å². The fraction of sp³-hybridized carbons (Fsp3) is 0.0870. The third-order valence-electron chi connectivity index (χ3n) is 4.67. The predicted molar refractivity (Wildman–Crippen MR) is 126 cm³/mol. The van der Waals surface area contributed by atoms with Crippen LogP contribution in [0, 0.1) is 10.1 Å². The fourth-order valence-corrected chi connectivity index (χ4v) is 3.87. The van der Waals surface area contributed by atoms with Gasteiger partial charge < -0.3 is 10.1 Å². The zero-order valence-electron chi connectivity index (χ0n) is 17.5. The number of ether oxygens (including phenoxy) is 1. The number of non-ortho nitro benzene ring substituents is 1. The number of thioether (sulfide) groups is 1. The van der Waals surface area contributed by atoms with Crippen molar-refractivity contribution >= 4 is 29.0 Å². The van der Waals surface area contributed by atoms with Gasteiger partial charge in [-0.2, -0.15) is 0 Å². The molecule has 3 aromatic carbocycles. The summed E-state index contributed by atoms with van der Waals surface area (Å²) in [5.74, 6) is 1.05. The molecule has 166 valence electrons. The molecule has 0 unspecified atom stereocenters. The number of nitrogens with one attached hydrogen (secondary N) is 1. The van der Waals surface area contributed by atoms with E-state index in [1.165, 1.54) is 23.9 Å². The highest BCUT2D eigenvalue weighted by molar-refractivity contribution is 7.99. The number of rotatable bonds is 8. The minimum atomic E-state index is -0.452. The van der Waals surface area contributed by atoms with Crippen molar-refractivity contribution in [2.24, 2.45) is 0 Å². The number of nitro groups is 1. The van der Waals surface area contributed by atoms with Gasteiger partial charge in [-0.1, -0.05) is 42.1 Å². The summed E-state index contributed by atoms with van der Waals surface area (Å²) >= 11 is 1.22. The third-order valence-corrected chi connectivity index (χ3v) is 5.60. The van der Waals surface area contributed by atoms with Crippen molar-refractivity contribution in [1.29, 1.82) is 0 Å². The summed E-state index contributed by atoms with van der Waals surface area (Å²) in [6.45, 7) is 0. The van der Waals surface area contributed by atoms with Crippen LogP contribution >= 0.6 is 11.8 Å². The van der Waals surface area contributed by atoms with Gasteiger partial charge in [-0.3, -0.25) is 19.5 Å². The van der Waals surface area contributed by atoms with Gasteiger partial charge in [0.05, 0.1) is 17.8 Å². The molecule has 1 heterocycles. The van der Waals surface area contributed by atoms with Gasteiger partial charge in [0.15, 0.2) is 11.0 Å². The topological polar surface area (TPSA) is 112 Å². The highest BCUT2D eigenvalue weighted by atomic mass is 32.2. The number of carbonyl (C=O) groups excluding carboxylic acids is 1. The van der Waals surface area contributed by atoms with Gasteiger partial charge in [0.1, 0.15) is 5.75 Å². The number of amides is 1. The van der Waals surface area contributed by atoms with Gasteiger partial charge in [-0.05, 0) is 36.4 Å². The van der Waals surface area contributed by atoms with E-state index in [1.54, 1.807) is 48.1 Å². The highest BCUT2D eigenvalue weighted by Gasteiger charge is 2.19. The van der Waals surface area contributed by atoms with Crippen LogP contribution in [-0.2, 0) is 4.79 Å². The molecule has 0 aliphatic heterocycles. The molecule has 1 aromatic heterocycles. The molecular weight excluding hydrogens is 442 g/mol. The van der Waals surface area contributed by atoms with E-state index in [1.807, 2.05) is 30.3 Å². The molecule has 0 aliphatic rings. The van der Waals surface area contributed by atoms with Crippen LogP contribution in [0.25, 0.3) is 17.1 Å². The molecule has 0 atom stereocenters. The summed E-state index contributed by atoms with van der Waals surface area (Å²) in [6, 6.07) is 22.7. The second-order valence-electron chi connectivity index (χ2n) is 6.85. The highest BCUT2D eigenvalue weighted by Crippen LogP contribution is 2.29. The number of aromatic nitrogens is 3. The number of methoxy groups -OCH3 is 1. The summed E-state index contributed by atoms with van der Waals surface area (Å²) < 4.78 is 6.90. The molecule has 4 aromatic rings. The van der Waals surface area contributed by atoms with E-state index in [2.05, 4.69) is 15.5 Å². The minimum absolute atomic E-state index is 0.0387. The van der Waals surface area contributed by atoms with E-state index in [0.29, 0.717) is 28.0 Å². The molecule has 0 saturated heterocycles. The molecule has 0 spiro atoms. The third kappa shape index (κ3) is 5.18.